The van der Waals surface area contributed by atoms with Crippen LogP contribution in [0.5, 0.6) is 11.5 Å². The van der Waals surface area contributed by atoms with Gasteiger partial charge >= 0.3 is 0 Å². The van der Waals surface area contributed by atoms with Crippen molar-refractivity contribution in [2.75, 3.05) is 12.1 Å². The van der Waals surface area contributed by atoms with Crippen molar-refractivity contribution in [2.24, 2.45) is 0 Å². The van der Waals surface area contributed by atoms with Crippen molar-refractivity contribution >= 4 is 11.6 Å². The number of benzene rings is 3. The molecule has 31 heavy (non-hydrogen) atoms. The van der Waals surface area contributed by atoms with Gasteiger partial charge in [-0.2, -0.15) is 0 Å². The van der Waals surface area contributed by atoms with Crippen LogP contribution in [0.1, 0.15) is 43.7 Å². The maximum Gasteiger partial charge on any atom is 0.235 e. The molecule has 1 fully saturated rings. The first-order valence-corrected chi connectivity index (χ1v) is 10.6. The molecule has 0 spiro atoms. The van der Waals surface area contributed by atoms with E-state index in [4.69, 9.17) is 9.47 Å². The van der Waals surface area contributed by atoms with Crippen molar-refractivity contribution in [3.8, 4) is 22.6 Å². The summed E-state index contributed by atoms with van der Waals surface area (Å²) in [6.07, 6.45) is 1.44. The molecule has 0 atom stereocenters. The second kappa shape index (κ2) is 7.41. The summed E-state index contributed by atoms with van der Waals surface area (Å²) in [6, 6.07) is 18.6. The topological polar surface area (TPSA) is 47.6 Å². The van der Waals surface area contributed by atoms with Crippen LogP contribution in [0, 0.1) is 5.82 Å². The molecule has 4 nitrogen and oxygen atoms in total. The van der Waals surface area contributed by atoms with Crippen LogP contribution in [0.25, 0.3) is 11.1 Å². The smallest absolute Gasteiger partial charge is 0.235 e. The quantitative estimate of drug-likeness (QED) is 0.553. The van der Waals surface area contributed by atoms with E-state index in [9.17, 15) is 9.18 Å². The van der Waals surface area contributed by atoms with Gasteiger partial charge in [-0.3, -0.25) is 4.79 Å². The summed E-state index contributed by atoms with van der Waals surface area (Å²) < 4.78 is 25.5. The first kappa shape index (κ1) is 19.6. The van der Waals surface area contributed by atoms with E-state index in [0.717, 1.165) is 29.5 Å². The average Bonchev–Trinajstić information content (AvgIpc) is 3.46. The van der Waals surface area contributed by atoms with Gasteiger partial charge in [0.25, 0.3) is 0 Å². The molecule has 2 aliphatic rings. The zero-order valence-corrected chi connectivity index (χ0v) is 17.6. The van der Waals surface area contributed by atoms with Crippen LogP contribution >= 0.6 is 0 Å². The molecule has 1 N–H and O–H groups in total. The van der Waals surface area contributed by atoms with E-state index >= 15 is 0 Å². The Bertz CT molecular complexity index is 1170. The number of hydrogen-bond acceptors (Lipinski definition) is 3. The summed E-state index contributed by atoms with van der Waals surface area (Å²) in [5.41, 5.74) is 3.53. The van der Waals surface area contributed by atoms with Gasteiger partial charge in [0, 0.05) is 0 Å². The molecule has 1 amide bonds. The Morgan fingerprint density at radius 2 is 1.77 bits per heavy atom. The number of ether oxygens (including phenoxy) is 2. The standard InChI is InChI=1S/C26H24FNO3/c1-16(2)19-5-3-4-6-20(19)17-7-9-21(27)22(13-17)28-25(29)26(11-12-26)18-8-10-23-24(14-18)31-15-30-23/h3-10,13-14,16H,11-12,15H2,1-2H3,(H,28,29). The molecule has 5 heteroatoms. The molecule has 0 unspecified atom stereocenters. The van der Waals surface area contributed by atoms with Gasteiger partial charge in [-0.25, -0.2) is 4.39 Å². The third-order valence-corrected chi connectivity index (χ3v) is 6.22. The number of amides is 1. The molecule has 1 saturated carbocycles. The van der Waals surface area contributed by atoms with E-state index in [1.54, 1.807) is 12.1 Å². The number of fused-ring (bicyclic) bond motifs is 1. The number of carbonyl (C=O) groups is 1. The van der Waals surface area contributed by atoms with Gasteiger partial charge in [-0.15, -0.1) is 0 Å². The monoisotopic (exact) mass is 417 g/mol. The van der Waals surface area contributed by atoms with E-state index in [-0.39, 0.29) is 18.4 Å². The van der Waals surface area contributed by atoms with E-state index in [1.165, 1.54) is 11.6 Å². The summed E-state index contributed by atoms with van der Waals surface area (Å²) in [4.78, 5) is 13.2. The van der Waals surface area contributed by atoms with Crippen LogP contribution in [0.3, 0.4) is 0 Å². The van der Waals surface area contributed by atoms with Gasteiger partial charge in [-0.1, -0.05) is 50.2 Å². The Labute approximate surface area is 181 Å². The van der Waals surface area contributed by atoms with E-state index in [2.05, 4.69) is 25.2 Å². The maximum absolute atomic E-state index is 14.6. The molecular formula is C26H24FNO3. The number of rotatable bonds is 5. The highest BCUT2D eigenvalue weighted by Crippen LogP contribution is 2.51. The van der Waals surface area contributed by atoms with Crippen LogP contribution in [0.2, 0.25) is 0 Å². The molecule has 1 aliphatic carbocycles. The maximum atomic E-state index is 14.6. The summed E-state index contributed by atoms with van der Waals surface area (Å²) in [7, 11) is 0. The highest BCUT2D eigenvalue weighted by Gasteiger charge is 2.51. The molecule has 0 aromatic heterocycles. The predicted molar refractivity (Wildman–Crippen MR) is 118 cm³/mol. The summed E-state index contributed by atoms with van der Waals surface area (Å²) in [5.74, 6) is 1.03. The summed E-state index contributed by atoms with van der Waals surface area (Å²) >= 11 is 0. The van der Waals surface area contributed by atoms with Crippen LogP contribution in [0.15, 0.2) is 60.7 Å². The Hall–Kier alpha value is -3.34. The first-order chi connectivity index (χ1) is 15.0. The number of halogens is 1. The lowest BCUT2D eigenvalue weighted by molar-refractivity contribution is -0.118. The Balaban J connectivity index is 1.44. The van der Waals surface area contributed by atoms with Crippen molar-refractivity contribution in [3.63, 3.8) is 0 Å². The molecule has 5 rings (SSSR count). The van der Waals surface area contributed by atoms with Crippen LogP contribution < -0.4 is 14.8 Å². The fourth-order valence-corrected chi connectivity index (χ4v) is 4.26. The predicted octanol–water partition coefficient (Wildman–Crippen LogP) is 6.02. The van der Waals surface area contributed by atoms with Crippen molar-refractivity contribution < 1.29 is 18.7 Å². The Morgan fingerprint density at radius 1 is 1.00 bits per heavy atom. The summed E-state index contributed by atoms with van der Waals surface area (Å²) in [6.45, 7) is 4.45. The van der Waals surface area contributed by atoms with Crippen molar-refractivity contribution in [1.82, 2.24) is 0 Å². The third-order valence-electron chi connectivity index (χ3n) is 6.22. The fraction of sp³-hybridized carbons (Fsp3) is 0.269. The number of anilines is 1. The van der Waals surface area contributed by atoms with E-state index in [0.29, 0.717) is 17.4 Å². The van der Waals surface area contributed by atoms with Gasteiger partial charge in [-0.05, 0) is 65.3 Å². The SMILES string of the molecule is CC(C)c1ccccc1-c1ccc(F)c(NC(=O)C2(c3ccc4c(c3)OCO4)CC2)c1. The Kier molecular flexibility index (Phi) is 4.69. The third kappa shape index (κ3) is 3.44. The van der Waals surface area contributed by atoms with E-state index < -0.39 is 11.2 Å². The minimum Gasteiger partial charge on any atom is -0.454 e. The highest BCUT2D eigenvalue weighted by atomic mass is 19.1. The van der Waals surface area contributed by atoms with Gasteiger partial charge in [0.1, 0.15) is 5.82 Å². The normalized spacial score (nSPS) is 15.7. The lowest BCUT2D eigenvalue weighted by atomic mass is 9.92. The lowest BCUT2D eigenvalue weighted by Gasteiger charge is -2.18. The molecule has 0 saturated heterocycles. The summed E-state index contributed by atoms with van der Waals surface area (Å²) in [5, 5.41) is 2.85. The lowest BCUT2D eigenvalue weighted by Crippen LogP contribution is -2.28. The first-order valence-electron chi connectivity index (χ1n) is 10.6. The molecule has 3 aromatic carbocycles. The minimum atomic E-state index is -0.654. The molecule has 158 valence electrons. The average molecular weight is 417 g/mol. The Morgan fingerprint density at radius 3 is 2.55 bits per heavy atom. The second-order valence-electron chi connectivity index (χ2n) is 8.54. The van der Waals surface area contributed by atoms with Gasteiger partial charge in [0.2, 0.25) is 12.7 Å². The molecule has 3 aromatic rings. The largest absolute Gasteiger partial charge is 0.454 e. The van der Waals surface area contributed by atoms with Gasteiger partial charge in [0.05, 0.1) is 11.1 Å². The number of carbonyl (C=O) groups excluding carboxylic acids is 1. The van der Waals surface area contributed by atoms with Crippen LogP contribution in [-0.4, -0.2) is 12.7 Å². The number of nitrogens with one attached hydrogen (secondary N) is 1. The second-order valence-corrected chi connectivity index (χ2v) is 8.54. The number of hydrogen-bond donors (Lipinski definition) is 1. The van der Waals surface area contributed by atoms with Crippen LogP contribution in [0.4, 0.5) is 10.1 Å². The molecule has 0 bridgehead atoms. The fourth-order valence-electron chi connectivity index (χ4n) is 4.26. The van der Waals surface area contributed by atoms with E-state index in [1.807, 2.05) is 36.4 Å². The van der Waals surface area contributed by atoms with Crippen molar-refractivity contribution in [1.29, 1.82) is 0 Å². The van der Waals surface area contributed by atoms with Gasteiger partial charge in [0.15, 0.2) is 11.5 Å². The van der Waals surface area contributed by atoms with Crippen molar-refractivity contribution in [3.05, 3.63) is 77.6 Å². The van der Waals surface area contributed by atoms with Crippen molar-refractivity contribution in [2.45, 2.75) is 38.0 Å². The zero-order chi connectivity index (χ0) is 21.6. The molecule has 1 heterocycles. The van der Waals surface area contributed by atoms with Crippen LogP contribution in [-0.2, 0) is 10.2 Å². The molecule has 1 aliphatic heterocycles. The highest BCUT2D eigenvalue weighted by molar-refractivity contribution is 6.02. The van der Waals surface area contributed by atoms with Gasteiger partial charge < -0.3 is 14.8 Å². The zero-order valence-electron chi connectivity index (χ0n) is 17.6. The molecule has 0 radical (unpaired) electrons. The molecular weight excluding hydrogens is 393 g/mol. The minimum absolute atomic E-state index is 0.188.